The van der Waals surface area contributed by atoms with Crippen LogP contribution in [0, 0.1) is 6.92 Å². The van der Waals surface area contributed by atoms with Crippen molar-refractivity contribution in [3.8, 4) is 5.69 Å². The van der Waals surface area contributed by atoms with Crippen molar-refractivity contribution in [3.63, 3.8) is 0 Å². The van der Waals surface area contributed by atoms with E-state index in [0.29, 0.717) is 6.54 Å². The lowest BCUT2D eigenvalue weighted by Crippen LogP contribution is -2.24. The minimum atomic E-state index is 0.0311. The summed E-state index contributed by atoms with van der Waals surface area (Å²) in [7, 11) is 0. The lowest BCUT2D eigenvalue weighted by Gasteiger charge is -2.06. The van der Waals surface area contributed by atoms with Crippen LogP contribution in [0.3, 0.4) is 0 Å². The number of nitrogens with one attached hydrogen (secondary N) is 1. The van der Waals surface area contributed by atoms with Crippen LogP contribution in [0.1, 0.15) is 39.0 Å². The number of hydrogen-bond acceptors (Lipinski definition) is 3. The maximum atomic E-state index is 12.3. The number of hydrogen-bond donors (Lipinski definition) is 1. The fourth-order valence-corrected chi connectivity index (χ4v) is 3.78. The number of aromatic nitrogens is 2. The normalized spacial score (nSPS) is 10.8. The molecule has 0 fully saturated rings. The molecule has 0 unspecified atom stereocenters. The second-order valence-electron chi connectivity index (χ2n) is 6.07. The summed E-state index contributed by atoms with van der Waals surface area (Å²) in [4.78, 5) is 14.4. The number of amides is 1. The number of carbonyl (C=O) groups excluding carboxylic acids is 1. The third kappa shape index (κ3) is 4.37. The van der Waals surface area contributed by atoms with Gasteiger partial charge in [0.25, 0.3) is 5.91 Å². The first-order chi connectivity index (χ1) is 12.2. The zero-order chi connectivity index (χ0) is 17.6. The lowest BCUT2D eigenvalue weighted by atomic mass is 10.1. The summed E-state index contributed by atoms with van der Waals surface area (Å²) in [5, 5.41) is 7.24. The maximum Gasteiger partial charge on any atom is 0.261 e. The predicted octanol–water partition coefficient (Wildman–Crippen LogP) is 4.17. The van der Waals surface area contributed by atoms with Crippen LogP contribution in [0.5, 0.6) is 0 Å². The van der Waals surface area contributed by atoms with Gasteiger partial charge >= 0.3 is 0 Å². The highest BCUT2D eigenvalue weighted by molar-refractivity contribution is 7.14. The summed E-state index contributed by atoms with van der Waals surface area (Å²) >= 11 is 1.59. The van der Waals surface area contributed by atoms with Gasteiger partial charge in [-0.25, -0.2) is 4.68 Å². The van der Waals surface area contributed by atoms with Gasteiger partial charge in [0.2, 0.25) is 0 Å². The van der Waals surface area contributed by atoms with Crippen LogP contribution in [0.25, 0.3) is 5.69 Å². The summed E-state index contributed by atoms with van der Waals surface area (Å²) in [6.45, 7) is 4.89. The molecular formula is C20H23N3OS. The van der Waals surface area contributed by atoms with E-state index in [-0.39, 0.29) is 5.91 Å². The Bertz CT molecular complexity index is 819. The minimum Gasteiger partial charge on any atom is -0.351 e. The summed E-state index contributed by atoms with van der Waals surface area (Å²) in [6.07, 6.45) is 6.65. The van der Waals surface area contributed by atoms with Crippen molar-refractivity contribution >= 4 is 17.2 Å². The first-order valence-corrected chi connectivity index (χ1v) is 9.45. The minimum absolute atomic E-state index is 0.0311. The Labute approximate surface area is 152 Å². The van der Waals surface area contributed by atoms with Crippen LogP contribution in [0.15, 0.2) is 48.8 Å². The Hall–Kier alpha value is -2.40. The fraction of sp³-hybridized carbons (Fsp3) is 0.300. The van der Waals surface area contributed by atoms with Crippen LogP contribution < -0.4 is 5.32 Å². The Morgan fingerprint density at radius 3 is 2.72 bits per heavy atom. The first-order valence-electron chi connectivity index (χ1n) is 8.64. The van der Waals surface area contributed by atoms with E-state index in [1.165, 1.54) is 16.0 Å². The molecule has 5 heteroatoms. The third-order valence-corrected chi connectivity index (χ3v) is 5.26. The molecule has 3 aromatic rings. The molecule has 0 atom stereocenters. The average Bonchev–Trinajstić information content (AvgIpc) is 3.26. The van der Waals surface area contributed by atoms with Crippen molar-refractivity contribution in [1.82, 2.24) is 15.1 Å². The Kier molecular flexibility index (Phi) is 5.66. The first kappa shape index (κ1) is 17.4. The predicted molar refractivity (Wildman–Crippen MR) is 103 cm³/mol. The number of aryl methyl sites for hydroxylation is 2. The van der Waals surface area contributed by atoms with Crippen molar-refractivity contribution in [3.05, 3.63) is 69.7 Å². The quantitative estimate of drug-likeness (QED) is 0.693. The van der Waals surface area contributed by atoms with E-state index < -0.39 is 0 Å². The van der Waals surface area contributed by atoms with Gasteiger partial charge in [-0.1, -0.05) is 25.5 Å². The van der Waals surface area contributed by atoms with Crippen molar-refractivity contribution in [2.75, 3.05) is 6.54 Å². The smallest absolute Gasteiger partial charge is 0.261 e. The number of thiophene rings is 1. The van der Waals surface area contributed by atoms with E-state index in [0.717, 1.165) is 29.8 Å². The summed E-state index contributed by atoms with van der Waals surface area (Å²) in [5.74, 6) is 0.0311. The van der Waals surface area contributed by atoms with Gasteiger partial charge in [-0.15, -0.1) is 11.3 Å². The van der Waals surface area contributed by atoms with Crippen LogP contribution in [0.4, 0.5) is 0 Å². The highest BCUT2D eigenvalue weighted by Crippen LogP contribution is 2.22. The van der Waals surface area contributed by atoms with Crippen LogP contribution in [-0.4, -0.2) is 22.2 Å². The molecule has 25 heavy (non-hydrogen) atoms. The summed E-state index contributed by atoms with van der Waals surface area (Å²) in [5.41, 5.74) is 3.53. The van der Waals surface area contributed by atoms with Crippen molar-refractivity contribution < 1.29 is 4.79 Å². The van der Waals surface area contributed by atoms with E-state index in [4.69, 9.17) is 0 Å². The van der Waals surface area contributed by atoms with Crippen LogP contribution >= 0.6 is 11.3 Å². The highest BCUT2D eigenvalue weighted by Gasteiger charge is 2.11. The highest BCUT2D eigenvalue weighted by atomic mass is 32.1. The average molecular weight is 353 g/mol. The van der Waals surface area contributed by atoms with Crippen LogP contribution in [-0.2, 0) is 12.8 Å². The second kappa shape index (κ2) is 8.12. The van der Waals surface area contributed by atoms with Gasteiger partial charge in [0.05, 0.1) is 10.6 Å². The van der Waals surface area contributed by atoms with Crippen molar-refractivity contribution in [2.24, 2.45) is 0 Å². The van der Waals surface area contributed by atoms with Gasteiger partial charge in [-0.2, -0.15) is 5.10 Å². The topological polar surface area (TPSA) is 46.9 Å². The van der Waals surface area contributed by atoms with Crippen LogP contribution in [0.2, 0.25) is 0 Å². The van der Waals surface area contributed by atoms with Gasteiger partial charge < -0.3 is 5.32 Å². The number of rotatable bonds is 7. The van der Waals surface area contributed by atoms with E-state index in [1.54, 1.807) is 17.5 Å². The van der Waals surface area contributed by atoms with E-state index in [1.807, 2.05) is 35.1 Å². The second-order valence-corrected chi connectivity index (χ2v) is 7.32. The van der Waals surface area contributed by atoms with E-state index in [9.17, 15) is 4.79 Å². The molecule has 1 N–H and O–H groups in total. The van der Waals surface area contributed by atoms with Gasteiger partial charge in [0, 0.05) is 23.8 Å². The molecule has 2 aromatic heterocycles. The molecule has 0 bridgehead atoms. The monoisotopic (exact) mass is 353 g/mol. The third-order valence-electron chi connectivity index (χ3n) is 4.17. The molecule has 0 radical (unpaired) electrons. The molecule has 0 spiro atoms. The van der Waals surface area contributed by atoms with Gasteiger partial charge in [-0.3, -0.25) is 4.79 Å². The fourth-order valence-electron chi connectivity index (χ4n) is 2.79. The zero-order valence-electron chi connectivity index (χ0n) is 14.7. The molecule has 3 rings (SSSR count). The molecule has 1 aromatic carbocycles. The largest absolute Gasteiger partial charge is 0.351 e. The molecule has 0 saturated heterocycles. The molecular weight excluding hydrogens is 330 g/mol. The maximum absolute atomic E-state index is 12.3. The molecule has 130 valence electrons. The molecule has 0 aliphatic carbocycles. The summed E-state index contributed by atoms with van der Waals surface area (Å²) < 4.78 is 1.83. The Balaban J connectivity index is 1.52. The van der Waals surface area contributed by atoms with Crippen molar-refractivity contribution in [2.45, 2.75) is 33.1 Å². The van der Waals surface area contributed by atoms with E-state index in [2.05, 4.69) is 36.4 Å². The molecule has 0 aliphatic heterocycles. The van der Waals surface area contributed by atoms with Gasteiger partial charge in [0.15, 0.2) is 0 Å². The molecule has 4 nitrogen and oxygen atoms in total. The molecule has 2 heterocycles. The Morgan fingerprint density at radius 2 is 2.04 bits per heavy atom. The lowest BCUT2D eigenvalue weighted by molar-refractivity contribution is 0.0958. The SMILES string of the molecule is CCCc1cc(C(=O)NCCc2ccc(-n3cccn3)cc2)sc1C. The Morgan fingerprint density at radius 1 is 1.24 bits per heavy atom. The summed E-state index contributed by atoms with van der Waals surface area (Å²) in [6, 6.07) is 12.2. The molecule has 0 aliphatic rings. The molecule has 0 saturated carbocycles. The number of nitrogens with zero attached hydrogens (tertiary/aromatic N) is 2. The number of carbonyl (C=O) groups is 1. The standard InChI is InChI=1S/C20H23N3OS/c1-3-5-17-14-19(25-15(17)2)20(24)21-12-10-16-6-8-18(9-7-16)23-13-4-11-22-23/h4,6-9,11,13-14H,3,5,10,12H2,1-2H3,(H,21,24). The molecule has 1 amide bonds. The number of benzene rings is 1. The van der Waals surface area contributed by atoms with E-state index >= 15 is 0 Å². The van der Waals surface area contributed by atoms with Crippen molar-refractivity contribution in [1.29, 1.82) is 0 Å². The van der Waals surface area contributed by atoms with Gasteiger partial charge in [-0.05, 0) is 55.2 Å². The zero-order valence-corrected chi connectivity index (χ0v) is 15.5. The van der Waals surface area contributed by atoms with Gasteiger partial charge in [0.1, 0.15) is 0 Å².